The predicted octanol–water partition coefficient (Wildman–Crippen LogP) is 5.30. The van der Waals surface area contributed by atoms with E-state index >= 15 is 0 Å². The lowest BCUT2D eigenvalue weighted by molar-refractivity contribution is 0.102. The number of aromatic nitrogens is 1. The third-order valence-electron chi connectivity index (χ3n) is 3.71. The van der Waals surface area contributed by atoms with E-state index < -0.39 is 0 Å². The molecule has 1 heterocycles. The lowest BCUT2D eigenvalue weighted by Gasteiger charge is -2.09. The molecule has 2 aromatic carbocycles. The molecule has 0 fully saturated rings. The van der Waals surface area contributed by atoms with Crippen LogP contribution in [0.3, 0.4) is 0 Å². The van der Waals surface area contributed by atoms with Crippen molar-refractivity contribution in [1.82, 2.24) is 4.98 Å². The second kappa shape index (κ2) is 8.70. The first kappa shape index (κ1) is 18.2. The van der Waals surface area contributed by atoms with Gasteiger partial charge in [-0.1, -0.05) is 41.4 Å². The average Bonchev–Trinajstić information content (AvgIpc) is 2.62. The second-order valence-corrected chi connectivity index (χ2v) is 6.61. The van der Waals surface area contributed by atoms with Crippen molar-refractivity contribution >= 4 is 40.5 Å². The number of anilines is 2. The summed E-state index contributed by atoms with van der Waals surface area (Å²) in [5.41, 5.74) is 3.04. The summed E-state index contributed by atoms with van der Waals surface area (Å²) >= 11 is 11.9. The van der Waals surface area contributed by atoms with Crippen LogP contribution in [0, 0.1) is 0 Å². The molecule has 132 valence electrons. The molecule has 0 spiro atoms. The maximum absolute atomic E-state index is 12.4. The van der Waals surface area contributed by atoms with Gasteiger partial charge in [-0.25, -0.2) is 0 Å². The van der Waals surface area contributed by atoms with E-state index in [1.165, 1.54) is 6.20 Å². The predicted molar refractivity (Wildman–Crippen MR) is 107 cm³/mol. The van der Waals surface area contributed by atoms with Gasteiger partial charge in [-0.15, -0.1) is 0 Å². The second-order valence-electron chi connectivity index (χ2n) is 5.73. The van der Waals surface area contributed by atoms with E-state index in [1.807, 2.05) is 24.3 Å². The number of rotatable bonds is 6. The molecule has 1 aromatic heterocycles. The van der Waals surface area contributed by atoms with E-state index in [2.05, 4.69) is 15.6 Å². The number of carbonyl (C=O) groups excluding carboxylic acids is 1. The molecule has 0 atom stereocenters. The fraction of sp³-hybridized carbons (Fsp3) is 0.100. The van der Waals surface area contributed by atoms with Gasteiger partial charge in [-0.3, -0.25) is 9.78 Å². The van der Waals surface area contributed by atoms with E-state index in [4.69, 9.17) is 23.2 Å². The van der Waals surface area contributed by atoms with Gasteiger partial charge in [0, 0.05) is 34.7 Å². The lowest BCUT2D eigenvalue weighted by atomic mass is 10.1. The van der Waals surface area contributed by atoms with Crippen molar-refractivity contribution in [2.45, 2.75) is 6.42 Å². The number of hydrogen-bond donors (Lipinski definition) is 2. The van der Waals surface area contributed by atoms with Crippen LogP contribution in [0.4, 0.5) is 11.4 Å². The first-order valence-electron chi connectivity index (χ1n) is 8.10. The van der Waals surface area contributed by atoms with E-state index in [1.54, 1.807) is 36.5 Å². The number of benzene rings is 2. The molecule has 0 aliphatic heterocycles. The van der Waals surface area contributed by atoms with Crippen molar-refractivity contribution in [3.63, 3.8) is 0 Å². The van der Waals surface area contributed by atoms with Crippen LogP contribution in [0.1, 0.15) is 15.9 Å². The number of hydrogen-bond acceptors (Lipinski definition) is 3. The molecule has 0 saturated heterocycles. The molecule has 4 nitrogen and oxygen atoms in total. The van der Waals surface area contributed by atoms with Gasteiger partial charge in [-0.2, -0.15) is 0 Å². The molecule has 0 saturated carbocycles. The molecule has 0 aliphatic rings. The summed E-state index contributed by atoms with van der Waals surface area (Å²) in [7, 11) is 0. The summed E-state index contributed by atoms with van der Waals surface area (Å²) in [4.78, 5) is 16.5. The highest BCUT2D eigenvalue weighted by atomic mass is 35.5. The smallest absolute Gasteiger partial charge is 0.257 e. The van der Waals surface area contributed by atoms with Crippen molar-refractivity contribution < 1.29 is 4.79 Å². The summed E-state index contributed by atoms with van der Waals surface area (Å²) < 4.78 is 0. The molecule has 6 heteroatoms. The van der Waals surface area contributed by atoms with Crippen molar-refractivity contribution in [2.75, 3.05) is 17.2 Å². The monoisotopic (exact) mass is 385 g/mol. The molecule has 0 bridgehead atoms. The Balaban J connectivity index is 1.59. The van der Waals surface area contributed by atoms with Gasteiger partial charge in [-0.05, 0) is 48.4 Å². The van der Waals surface area contributed by atoms with Gasteiger partial charge < -0.3 is 10.6 Å². The number of halogens is 2. The minimum Gasteiger partial charge on any atom is -0.383 e. The Hall–Kier alpha value is -2.56. The van der Waals surface area contributed by atoms with Crippen molar-refractivity contribution in [3.8, 4) is 0 Å². The highest BCUT2D eigenvalue weighted by Crippen LogP contribution is 2.17. The van der Waals surface area contributed by atoms with Crippen LogP contribution < -0.4 is 10.6 Å². The molecule has 0 unspecified atom stereocenters. The molecule has 3 aromatic rings. The van der Waals surface area contributed by atoms with E-state index in [-0.39, 0.29) is 5.91 Å². The van der Waals surface area contributed by atoms with Gasteiger partial charge in [0.15, 0.2) is 0 Å². The highest BCUT2D eigenvalue weighted by molar-refractivity contribution is 6.31. The van der Waals surface area contributed by atoms with E-state index in [9.17, 15) is 4.79 Å². The van der Waals surface area contributed by atoms with Crippen molar-refractivity contribution in [2.24, 2.45) is 0 Å². The van der Waals surface area contributed by atoms with Crippen LogP contribution >= 0.6 is 23.2 Å². The van der Waals surface area contributed by atoms with Crippen LogP contribution in [-0.2, 0) is 6.42 Å². The van der Waals surface area contributed by atoms with Gasteiger partial charge in [0.2, 0.25) is 0 Å². The molecular formula is C20H17Cl2N3O. The first-order valence-corrected chi connectivity index (χ1v) is 8.86. The van der Waals surface area contributed by atoms with Gasteiger partial charge in [0.1, 0.15) is 0 Å². The molecular weight excluding hydrogens is 369 g/mol. The van der Waals surface area contributed by atoms with Crippen LogP contribution in [0.25, 0.3) is 0 Å². The number of nitrogens with one attached hydrogen (secondary N) is 2. The summed E-state index contributed by atoms with van der Waals surface area (Å²) in [5.74, 6) is -0.238. The quantitative estimate of drug-likeness (QED) is 0.605. The van der Waals surface area contributed by atoms with E-state index in [0.717, 1.165) is 22.7 Å². The standard InChI is InChI=1S/C20H17Cl2N3O/c21-16-4-1-3-14(9-16)7-8-24-19-10-15(12-23-13-19)20(26)25-18-6-2-5-17(22)11-18/h1-6,9-13,24H,7-8H2,(H,25,26). The third-order valence-corrected chi connectivity index (χ3v) is 4.18. The Labute approximate surface area is 162 Å². The first-order chi connectivity index (χ1) is 12.6. The molecule has 0 aliphatic carbocycles. The summed E-state index contributed by atoms with van der Waals surface area (Å²) in [6, 6.07) is 16.5. The summed E-state index contributed by atoms with van der Waals surface area (Å²) in [5, 5.41) is 7.38. The normalized spacial score (nSPS) is 10.4. The molecule has 1 amide bonds. The molecule has 26 heavy (non-hydrogen) atoms. The van der Waals surface area contributed by atoms with Gasteiger partial charge in [0.25, 0.3) is 5.91 Å². The molecule has 2 N–H and O–H groups in total. The Morgan fingerprint density at radius 3 is 2.46 bits per heavy atom. The lowest BCUT2D eigenvalue weighted by Crippen LogP contribution is -2.13. The maximum atomic E-state index is 12.4. The highest BCUT2D eigenvalue weighted by Gasteiger charge is 2.08. The zero-order valence-electron chi connectivity index (χ0n) is 13.9. The number of pyridine rings is 1. The van der Waals surface area contributed by atoms with Crippen LogP contribution in [0.2, 0.25) is 10.0 Å². The van der Waals surface area contributed by atoms with Crippen LogP contribution in [-0.4, -0.2) is 17.4 Å². The number of carbonyl (C=O) groups is 1. The zero-order valence-corrected chi connectivity index (χ0v) is 15.4. The van der Waals surface area contributed by atoms with Crippen molar-refractivity contribution in [3.05, 3.63) is 88.2 Å². The Morgan fingerprint density at radius 1 is 0.923 bits per heavy atom. The Bertz CT molecular complexity index is 915. The largest absolute Gasteiger partial charge is 0.383 e. The summed E-state index contributed by atoms with van der Waals surface area (Å²) in [6.45, 7) is 0.710. The van der Waals surface area contributed by atoms with Crippen LogP contribution in [0.5, 0.6) is 0 Å². The van der Waals surface area contributed by atoms with E-state index in [0.29, 0.717) is 22.8 Å². The molecule has 3 rings (SSSR count). The number of amides is 1. The Morgan fingerprint density at radius 2 is 1.69 bits per heavy atom. The minimum absolute atomic E-state index is 0.238. The molecule has 0 radical (unpaired) electrons. The SMILES string of the molecule is O=C(Nc1cccc(Cl)c1)c1cncc(NCCc2cccc(Cl)c2)c1. The minimum atomic E-state index is -0.238. The summed E-state index contributed by atoms with van der Waals surface area (Å²) in [6.07, 6.45) is 4.04. The van der Waals surface area contributed by atoms with Gasteiger partial charge >= 0.3 is 0 Å². The fourth-order valence-corrected chi connectivity index (χ4v) is 2.88. The van der Waals surface area contributed by atoms with Crippen molar-refractivity contribution in [1.29, 1.82) is 0 Å². The number of nitrogens with zero attached hydrogens (tertiary/aromatic N) is 1. The van der Waals surface area contributed by atoms with Gasteiger partial charge in [0.05, 0.1) is 11.3 Å². The van der Waals surface area contributed by atoms with Crippen LogP contribution in [0.15, 0.2) is 67.0 Å². The third kappa shape index (κ3) is 5.22. The zero-order chi connectivity index (χ0) is 18.4. The topological polar surface area (TPSA) is 54.0 Å². The maximum Gasteiger partial charge on any atom is 0.257 e. The fourth-order valence-electron chi connectivity index (χ4n) is 2.47. The Kier molecular flexibility index (Phi) is 6.10. The average molecular weight is 386 g/mol.